The maximum absolute atomic E-state index is 12.6. The van der Waals surface area contributed by atoms with E-state index in [1.165, 1.54) is 9.80 Å². The van der Waals surface area contributed by atoms with Crippen molar-refractivity contribution in [1.29, 1.82) is 0 Å². The fourth-order valence-electron chi connectivity index (χ4n) is 3.25. The van der Waals surface area contributed by atoms with Crippen molar-refractivity contribution in [1.82, 2.24) is 20.6 Å². The molecule has 0 fully saturated rings. The second kappa shape index (κ2) is 12.2. The number of nitrogens with zero attached hydrogens (tertiary/aromatic N) is 2. The van der Waals surface area contributed by atoms with E-state index in [9.17, 15) is 14.7 Å². The zero-order chi connectivity index (χ0) is 23.6. The summed E-state index contributed by atoms with van der Waals surface area (Å²) in [6.07, 6.45) is 3.55. The highest BCUT2D eigenvalue weighted by molar-refractivity contribution is 6.31. The SMILES string of the molecule is N[C@@H](CO)CN(CCONC(=O)N1C=Cc2ccccc2C1)C(=O)NCc1ccccc1Cl. The van der Waals surface area contributed by atoms with Crippen LogP contribution in [0.15, 0.2) is 54.7 Å². The molecule has 0 saturated carbocycles. The Hall–Kier alpha value is -3.11. The lowest BCUT2D eigenvalue weighted by Gasteiger charge is -2.26. The molecule has 0 spiro atoms. The lowest BCUT2D eigenvalue weighted by Crippen LogP contribution is -2.48. The van der Waals surface area contributed by atoms with Gasteiger partial charge in [0.1, 0.15) is 0 Å². The third-order valence-electron chi connectivity index (χ3n) is 5.08. The molecule has 4 amide bonds. The lowest BCUT2D eigenvalue weighted by atomic mass is 10.0. The van der Waals surface area contributed by atoms with Gasteiger partial charge in [-0.1, -0.05) is 54.1 Å². The second-order valence-electron chi connectivity index (χ2n) is 7.54. The summed E-state index contributed by atoms with van der Waals surface area (Å²) in [6, 6.07) is 13.6. The molecular weight excluding hydrogens is 446 g/mol. The third-order valence-corrected chi connectivity index (χ3v) is 5.45. The molecule has 1 aliphatic rings. The summed E-state index contributed by atoms with van der Waals surface area (Å²) in [5.41, 5.74) is 11.1. The van der Waals surface area contributed by atoms with Crippen molar-refractivity contribution in [3.8, 4) is 0 Å². The average Bonchev–Trinajstić information content (AvgIpc) is 2.84. The number of carbonyl (C=O) groups is 2. The van der Waals surface area contributed by atoms with Crippen LogP contribution in [0.4, 0.5) is 9.59 Å². The smallest absolute Gasteiger partial charge is 0.345 e. The maximum atomic E-state index is 12.6. The number of hydroxylamine groups is 1. The first kappa shape index (κ1) is 24.5. The van der Waals surface area contributed by atoms with Crippen molar-refractivity contribution < 1.29 is 19.5 Å². The number of hydrogen-bond donors (Lipinski definition) is 4. The normalized spacial score (nSPS) is 13.2. The van der Waals surface area contributed by atoms with Crippen LogP contribution in [0.2, 0.25) is 5.02 Å². The van der Waals surface area contributed by atoms with Gasteiger partial charge in [-0.15, -0.1) is 0 Å². The molecular formula is C23H28ClN5O4. The highest BCUT2D eigenvalue weighted by atomic mass is 35.5. The largest absolute Gasteiger partial charge is 0.395 e. The van der Waals surface area contributed by atoms with Gasteiger partial charge in [0.2, 0.25) is 0 Å². The van der Waals surface area contributed by atoms with Crippen molar-refractivity contribution in [2.24, 2.45) is 5.73 Å². The Bertz CT molecular complexity index is 987. The van der Waals surface area contributed by atoms with Gasteiger partial charge in [0.25, 0.3) is 0 Å². The molecule has 2 aromatic rings. The number of nitrogens with one attached hydrogen (secondary N) is 2. The first-order valence-electron chi connectivity index (χ1n) is 10.5. The second-order valence-corrected chi connectivity index (χ2v) is 7.94. The summed E-state index contributed by atoms with van der Waals surface area (Å²) < 4.78 is 0. The average molecular weight is 474 g/mol. The monoisotopic (exact) mass is 473 g/mol. The Kier molecular flexibility index (Phi) is 9.08. The van der Waals surface area contributed by atoms with Crippen molar-refractivity contribution in [3.05, 3.63) is 76.4 Å². The first-order valence-corrected chi connectivity index (χ1v) is 10.9. The van der Waals surface area contributed by atoms with Gasteiger partial charge >= 0.3 is 12.1 Å². The van der Waals surface area contributed by atoms with Gasteiger partial charge in [0.05, 0.1) is 19.8 Å². The number of amides is 4. The van der Waals surface area contributed by atoms with Crippen LogP contribution in [0.3, 0.4) is 0 Å². The van der Waals surface area contributed by atoms with Crippen LogP contribution in [0.25, 0.3) is 6.08 Å². The molecule has 10 heteroatoms. The molecule has 176 valence electrons. The van der Waals surface area contributed by atoms with Gasteiger partial charge in [0, 0.05) is 36.9 Å². The van der Waals surface area contributed by atoms with E-state index in [0.717, 1.165) is 16.7 Å². The lowest BCUT2D eigenvalue weighted by molar-refractivity contribution is 0.0403. The first-order chi connectivity index (χ1) is 16.0. The molecule has 33 heavy (non-hydrogen) atoms. The predicted molar refractivity (Wildman–Crippen MR) is 126 cm³/mol. The molecule has 1 heterocycles. The van der Waals surface area contributed by atoms with Gasteiger partial charge < -0.3 is 21.1 Å². The van der Waals surface area contributed by atoms with Crippen LogP contribution in [-0.4, -0.2) is 59.3 Å². The summed E-state index contributed by atoms with van der Waals surface area (Å²) in [5.74, 6) is 0. The van der Waals surface area contributed by atoms with Crippen LogP contribution in [-0.2, 0) is 17.9 Å². The molecule has 3 rings (SSSR count). The van der Waals surface area contributed by atoms with Crippen LogP contribution < -0.4 is 16.5 Å². The number of nitrogens with two attached hydrogens (primary N) is 1. The predicted octanol–water partition coefficient (Wildman–Crippen LogP) is 2.30. The molecule has 0 aliphatic carbocycles. The van der Waals surface area contributed by atoms with Gasteiger partial charge in [-0.2, -0.15) is 0 Å². The van der Waals surface area contributed by atoms with Crippen LogP contribution >= 0.6 is 11.6 Å². The molecule has 9 nitrogen and oxygen atoms in total. The van der Waals surface area contributed by atoms with Crippen LogP contribution in [0, 0.1) is 0 Å². The maximum Gasteiger partial charge on any atom is 0.345 e. The minimum atomic E-state index is -0.607. The Balaban J connectivity index is 1.46. The number of carbonyl (C=O) groups excluding carboxylic acids is 2. The van der Waals surface area contributed by atoms with E-state index in [2.05, 4.69) is 10.8 Å². The topological polar surface area (TPSA) is 120 Å². The minimum absolute atomic E-state index is 0.0392. The highest BCUT2D eigenvalue weighted by Gasteiger charge is 2.19. The van der Waals surface area contributed by atoms with Crippen molar-refractivity contribution >= 4 is 29.7 Å². The third kappa shape index (κ3) is 7.19. The molecule has 0 saturated heterocycles. The quantitative estimate of drug-likeness (QED) is 0.329. The Morgan fingerprint density at radius 3 is 2.76 bits per heavy atom. The van der Waals surface area contributed by atoms with Crippen LogP contribution in [0.1, 0.15) is 16.7 Å². The number of fused-ring (bicyclic) bond motifs is 1. The van der Waals surface area contributed by atoms with E-state index >= 15 is 0 Å². The fourth-order valence-corrected chi connectivity index (χ4v) is 3.46. The Morgan fingerprint density at radius 1 is 1.21 bits per heavy atom. The van der Waals surface area contributed by atoms with E-state index < -0.39 is 12.1 Å². The number of halogens is 1. The number of aliphatic hydroxyl groups excluding tert-OH is 1. The summed E-state index contributed by atoms with van der Waals surface area (Å²) in [5, 5.41) is 12.6. The van der Waals surface area contributed by atoms with Gasteiger partial charge in [-0.3, -0.25) is 9.74 Å². The number of hydrogen-bond acceptors (Lipinski definition) is 5. The zero-order valence-electron chi connectivity index (χ0n) is 18.1. The van der Waals surface area contributed by atoms with E-state index in [0.29, 0.717) is 11.6 Å². The molecule has 0 aromatic heterocycles. The minimum Gasteiger partial charge on any atom is -0.395 e. The van der Waals surface area contributed by atoms with Crippen LogP contribution in [0.5, 0.6) is 0 Å². The Labute approximate surface area is 197 Å². The summed E-state index contributed by atoms with van der Waals surface area (Å²) in [6.45, 7) is 0.717. The Morgan fingerprint density at radius 2 is 1.97 bits per heavy atom. The number of rotatable bonds is 9. The number of aliphatic hydroxyl groups is 1. The summed E-state index contributed by atoms with van der Waals surface area (Å²) >= 11 is 6.13. The number of urea groups is 2. The molecule has 0 radical (unpaired) electrons. The summed E-state index contributed by atoms with van der Waals surface area (Å²) in [4.78, 5) is 33.2. The van der Waals surface area contributed by atoms with Crippen molar-refractivity contribution in [3.63, 3.8) is 0 Å². The van der Waals surface area contributed by atoms with E-state index in [1.54, 1.807) is 12.3 Å². The summed E-state index contributed by atoms with van der Waals surface area (Å²) in [7, 11) is 0. The van der Waals surface area contributed by atoms with Crippen molar-refractivity contribution in [2.75, 3.05) is 26.3 Å². The molecule has 1 atom stereocenters. The highest BCUT2D eigenvalue weighted by Crippen LogP contribution is 2.19. The molecule has 0 unspecified atom stereocenters. The molecule has 5 N–H and O–H groups in total. The van der Waals surface area contributed by atoms with Crippen molar-refractivity contribution in [2.45, 2.75) is 19.1 Å². The standard InChI is InChI=1S/C23H28ClN5O4/c24-21-8-4-3-6-18(21)13-26-22(31)29(15-20(25)16-30)11-12-33-27-23(32)28-10-9-17-5-1-2-7-19(17)14-28/h1-10,20,30H,11-16,25H2,(H,26,31)(H,27,32)/t20-/m1/s1. The van der Waals surface area contributed by atoms with E-state index in [4.69, 9.17) is 22.2 Å². The van der Waals surface area contributed by atoms with E-state index in [-0.39, 0.29) is 38.9 Å². The molecule has 1 aliphatic heterocycles. The molecule has 0 bridgehead atoms. The number of benzene rings is 2. The molecule has 2 aromatic carbocycles. The van der Waals surface area contributed by atoms with Gasteiger partial charge in [-0.05, 0) is 28.8 Å². The van der Waals surface area contributed by atoms with E-state index in [1.807, 2.05) is 48.5 Å². The van der Waals surface area contributed by atoms with Gasteiger partial charge in [-0.25, -0.2) is 15.1 Å². The van der Waals surface area contributed by atoms with Gasteiger partial charge in [0.15, 0.2) is 0 Å². The fraction of sp³-hybridized carbons (Fsp3) is 0.304. The zero-order valence-corrected chi connectivity index (χ0v) is 18.9.